The molecule has 0 spiro atoms. The average molecular weight is 247 g/mol. The van der Waals surface area contributed by atoms with Gasteiger partial charge in [-0.15, -0.1) is 0 Å². The molecule has 0 atom stereocenters. The van der Waals surface area contributed by atoms with Gasteiger partial charge in [-0.2, -0.15) is 0 Å². The van der Waals surface area contributed by atoms with E-state index in [1.54, 1.807) is 11.5 Å². The summed E-state index contributed by atoms with van der Waals surface area (Å²) >= 11 is 3.25. The number of nitrogens with zero attached hydrogens (tertiary/aromatic N) is 2. The Balaban J connectivity index is 3.44. The van der Waals surface area contributed by atoms with Gasteiger partial charge in [0.05, 0.1) is 0 Å². The van der Waals surface area contributed by atoms with Crippen molar-refractivity contribution in [2.24, 2.45) is 7.05 Å². The van der Waals surface area contributed by atoms with Crippen molar-refractivity contribution < 1.29 is 0 Å². The molecule has 13 heavy (non-hydrogen) atoms. The average Bonchev–Trinajstić information content (AvgIpc) is 2.09. The molecule has 1 aromatic heterocycles. The first kappa shape index (κ1) is 10.2. The summed E-state index contributed by atoms with van der Waals surface area (Å²) in [6.07, 6.45) is 0. The number of halogens is 1. The number of hydrogen-bond donors (Lipinski definition) is 0. The molecule has 4 nitrogen and oxygen atoms in total. The molecule has 0 aliphatic carbocycles. The standard InChI is InChI=1S/C8H11BrN2O2/c1-6-5-7(12)10(2)8(13)11(6)4-3-9/h5H,3-4H2,1-2H3. The molecule has 1 aromatic rings. The van der Waals surface area contributed by atoms with E-state index >= 15 is 0 Å². The van der Waals surface area contributed by atoms with E-state index in [9.17, 15) is 9.59 Å². The van der Waals surface area contributed by atoms with Crippen LogP contribution in [0.15, 0.2) is 15.7 Å². The van der Waals surface area contributed by atoms with Crippen molar-refractivity contribution in [1.29, 1.82) is 0 Å². The van der Waals surface area contributed by atoms with Crippen LogP contribution in [0.1, 0.15) is 5.69 Å². The van der Waals surface area contributed by atoms with Gasteiger partial charge in [0.15, 0.2) is 0 Å². The summed E-state index contributed by atoms with van der Waals surface area (Å²) in [5, 5.41) is 0.700. The first-order valence-electron chi connectivity index (χ1n) is 3.91. The summed E-state index contributed by atoms with van der Waals surface area (Å²) in [5.41, 5.74) is 0.185. The number of alkyl halides is 1. The molecule has 0 aliphatic rings. The second-order valence-corrected chi connectivity index (χ2v) is 3.60. The zero-order valence-electron chi connectivity index (χ0n) is 7.58. The quantitative estimate of drug-likeness (QED) is 0.703. The molecule has 1 heterocycles. The molecular formula is C8H11BrN2O2. The minimum atomic E-state index is -0.260. The second kappa shape index (κ2) is 3.91. The van der Waals surface area contributed by atoms with Crippen LogP contribution in [0.2, 0.25) is 0 Å². The largest absolute Gasteiger partial charge is 0.330 e. The van der Waals surface area contributed by atoms with E-state index in [-0.39, 0.29) is 11.2 Å². The van der Waals surface area contributed by atoms with Gasteiger partial charge < -0.3 is 0 Å². The molecule has 0 fully saturated rings. The SMILES string of the molecule is Cc1cc(=O)n(C)c(=O)n1CCBr. The summed E-state index contributed by atoms with van der Waals surface area (Å²) < 4.78 is 2.67. The van der Waals surface area contributed by atoms with E-state index in [4.69, 9.17) is 0 Å². The zero-order chi connectivity index (χ0) is 10.0. The van der Waals surface area contributed by atoms with Gasteiger partial charge in [-0.05, 0) is 6.92 Å². The van der Waals surface area contributed by atoms with Crippen LogP contribution in [-0.2, 0) is 13.6 Å². The predicted octanol–water partition coefficient (Wildman–Crippen LogP) is 0.250. The van der Waals surface area contributed by atoms with E-state index in [0.717, 1.165) is 4.57 Å². The lowest BCUT2D eigenvalue weighted by Crippen LogP contribution is -2.38. The third kappa shape index (κ3) is 1.91. The molecule has 1 rings (SSSR count). The van der Waals surface area contributed by atoms with Crippen LogP contribution in [0.5, 0.6) is 0 Å². The predicted molar refractivity (Wildman–Crippen MR) is 54.5 cm³/mol. The minimum absolute atomic E-state index is 0.256. The van der Waals surface area contributed by atoms with Gasteiger partial charge in [0.25, 0.3) is 5.56 Å². The first-order chi connectivity index (χ1) is 6.07. The molecule has 0 bridgehead atoms. The van der Waals surface area contributed by atoms with Crippen LogP contribution >= 0.6 is 15.9 Å². The van der Waals surface area contributed by atoms with Gasteiger partial charge in [-0.1, -0.05) is 15.9 Å². The molecule has 72 valence electrons. The summed E-state index contributed by atoms with van der Waals surface area (Å²) in [6.45, 7) is 2.34. The fourth-order valence-electron chi connectivity index (χ4n) is 1.14. The molecule has 0 unspecified atom stereocenters. The maximum Gasteiger partial charge on any atom is 0.330 e. The Bertz CT molecular complexity index is 419. The van der Waals surface area contributed by atoms with Crippen molar-refractivity contribution in [3.05, 3.63) is 32.6 Å². The van der Waals surface area contributed by atoms with Gasteiger partial charge >= 0.3 is 5.69 Å². The number of rotatable bonds is 2. The monoisotopic (exact) mass is 246 g/mol. The van der Waals surface area contributed by atoms with Crippen LogP contribution < -0.4 is 11.2 Å². The van der Waals surface area contributed by atoms with E-state index < -0.39 is 0 Å². The Kier molecular flexibility index (Phi) is 3.08. The lowest BCUT2D eigenvalue weighted by molar-refractivity contribution is 0.617. The Labute approximate surface area is 83.9 Å². The van der Waals surface area contributed by atoms with Crippen molar-refractivity contribution in [3.8, 4) is 0 Å². The van der Waals surface area contributed by atoms with Crippen LogP contribution in [0.3, 0.4) is 0 Å². The summed E-state index contributed by atoms with van der Waals surface area (Å²) in [7, 11) is 1.48. The van der Waals surface area contributed by atoms with Gasteiger partial charge in [0, 0.05) is 30.7 Å². The Morgan fingerprint density at radius 2 is 2.08 bits per heavy atom. The first-order valence-corrected chi connectivity index (χ1v) is 5.03. The molecule has 5 heteroatoms. The fourth-order valence-corrected chi connectivity index (χ4v) is 1.49. The third-order valence-corrected chi connectivity index (χ3v) is 2.27. The lowest BCUT2D eigenvalue weighted by Gasteiger charge is -2.08. The van der Waals surface area contributed by atoms with Gasteiger partial charge in [0.2, 0.25) is 0 Å². The molecule has 0 saturated heterocycles. The molecular weight excluding hydrogens is 236 g/mol. The van der Waals surface area contributed by atoms with Crippen molar-refractivity contribution in [3.63, 3.8) is 0 Å². The Hall–Kier alpha value is -0.840. The number of aromatic nitrogens is 2. The van der Waals surface area contributed by atoms with Gasteiger partial charge in [-0.3, -0.25) is 13.9 Å². The highest BCUT2D eigenvalue weighted by atomic mass is 79.9. The molecule has 0 amide bonds. The van der Waals surface area contributed by atoms with Crippen molar-refractivity contribution in [2.45, 2.75) is 13.5 Å². The van der Waals surface area contributed by atoms with Crippen molar-refractivity contribution in [2.75, 3.05) is 5.33 Å². The zero-order valence-corrected chi connectivity index (χ0v) is 9.17. The molecule has 0 aliphatic heterocycles. The van der Waals surface area contributed by atoms with Crippen LogP contribution in [-0.4, -0.2) is 14.5 Å². The maximum absolute atomic E-state index is 11.5. The molecule has 0 radical (unpaired) electrons. The van der Waals surface area contributed by atoms with Gasteiger partial charge in [-0.25, -0.2) is 4.79 Å². The highest BCUT2D eigenvalue weighted by Crippen LogP contribution is 1.91. The van der Waals surface area contributed by atoms with E-state index in [1.165, 1.54) is 13.1 Å². The van der Waals surface area contributed by atoms with E-state index in [2.05, 4.69) is 15.9 Å². The van der Waals surface area contributed by atoms with Crippen LogP contribution in [0.25, 0.3) is 0 Å². The molecule has 0 saturated carbocycles. The second-order valence-electron chi connectivity index (χ2n) is 2.81. The highest BCUT2D eigenvalue weighted by molar-refractivity contribution is 9.09. The maximum atomic E-state index is 11.5. The minimum Gasteiger partial charge on any atom is -0.297 e. The van der Waals surface area contributed by atoms with Crippen molar-refractivity contribution in [1.82, 2.24) is 9.13 Å². The van der Waals surface area contributed by atoms with Crippen LogP contribution in [0.4, 0.5) is 0 Å². The normalized spacial score (nSPS) is 10.4. The lowest BCUT2D eigenvalue weighted by atomic mass is 10.4. The van der Waals surface area contributed by atoms with Crippen molar-refractivity contribution >= 4 is 15.9 Å². The summed E-state index contributed by atoms with van der Waals surface area (Å²) in [5.74, 6) is 0. The molecule has 0 aromatic carbocycles. The summed E-state index contributed by atoms with van der Waals surface area (Å²) in [4.78, 5) is 22.7. The molecule has 0 N–H and O–H groups in total. The van der Waals surface area contributed by atoms with E-state index in [0.29, 0.717) is 17.6 Å². The number of hydrogen-bond acceptors (Lipinski definition) is 2. The van der Waals surface area contributed by atoms with E-state index in [1.807, 2.05) is 0 Å². The topological polar surface area (TPSA) is 44.0 Å². The Morgan fingerprint density at radius 1 is 1.46 bits per heavy atom. The Morgan fingerprint density at radius 3 is 2.62 bits per heavy atom. The third-order valence-electron chi connectivity index (χ3n) is 1.91. The van der Waals surface area contributed by atoms with Gasteiger partial charge in [0.1, 0.15) is 0 Å². The highest BCUT2D eigenvalue weighted by Gasteiger charge is 2.03. The number of aryl methyl sites for hydroxylation is 1. The fraction of sp³-hybridized carbons (Fsp3) is 0.500. The summed E-state index contributed by atoms with van der Waals surface area (Å²) in [6, 6.07) is 1.46. The smallest absolute Gasteiger partial charge is 0.297 e. The van der Waals surface area contributed by atoms with Crippen LogP contribution in [0, 0.1) is 6.92 Å².